The van der Waals surface area contributed by atoms with Crippen LogP contribution in [0.5, 0.6) is 0 Å². The van der Waals surface area contributed by atoms with Gasteiger partial charge in [0.25, 0.3) is 5.91 Å². The lowest BCUT2D eigenvalue weighted by Crippen LogP contribution is -2.31. The molecule has 0 heterocycles. The van der Waals surface area contributed by atoms with Crippen LogP contribution in [0.3, 0.4) is 0 Å². The molecule has 20 heavy (non-hydrogen) atoms. The van der Waals surface area contributed by atoms with E-state index in [0.29, 0.717) is 12.5 Å². The highest BCUT2D eigenvalue weighted by Crippen LogP contribution is 2.29. The van der Waals surface area contributed by atoms with Gasteiger partial charge < -0.3 is 15.8 Å². The predicted octanol–water partition coefficient (Wildman–Crippen LogP) is 2.50. The minimum absolute atomic E-state index is 0.147. The van der Waals surface area contributed by atoms with Gasteiger partial charge in [-0.25, -0.2) is 4.79 Å². The predicted molar refractivity (Wildman–Crippen MR) is 79.0 cm³/mol. The Labute approximate surface area is 127 Å². The third kappa shape index (κ3) is 4.90. The van der Waals surface area contributed by atoms with Crippen molar-refractivity contribution in [1.82, 2.24) is 5.32 Å². The van der Waals surface area contributed by atoms with Crippen molar-refractivity contribution < 1.29 is 14.3 Å². The lowest BCUT2D eigenvalue weighted by molar-refractivity contribution is -0.124. The van der Waals surface area contributed by atoms with Crippen molar-refractivity contribution in [2.24, 2.45) is 5.92 Å². The second-order valence-corrected chi connectivity index (χ2v) is 5.42. The smallest absolute Gasteiger partial charge is 0.338 e. The molecule has 1 amide bonds. The van der Waals surface area contributed by atoms with Crippen molar-refractivity contribution in [3.05, 3.63) is 27.7 Å². The molecule has 0 radical (unpaired) electrons. The fraction of sp³-hybridized carbons (Fsp3) is 0.385. The number of halogens is 2. The van der Waals surface area contributed by atoms with Crippen LogP contribution in [0.4, 0.5) is 5.69 Å². The molecule has 0 unspecified atom stereocenters. The van der Waals surface area contributed by atoms with Crippen LogP contribution in [0.25, 0.3) is 0 Å². The molecule has 0 fully saturated rings. The third-order valence-electron chi connectivity index (χ3n) is 2.33. The molecule has 5 nitrogen and oxygen atoms in total. The van der Waals surface area contributed by atoms with E-state index in [-0.39, 0.29) is 33.8 Å². The molecule has 1 rings (SSSR count). The number of amides is 1. The Morgan fingerprint density at radius 3 is 2.55 bits per heavy atom. The summed E-state index contributed by atoms with van der Waals surface area (Å²) in [4.78, 5) is 23.2. The highest BCUT2D eigenvalue weighted by Gasteiger charge is 2.14. The van der Waals surface area contributed by atoms with Gasteiger partial charge in [-0.2, -0.15) is 0 Å². The van der Waals surface area contributed by atoms with Crippen molar-refractivity contribution >= 4 is 40.8 Å². The van der Waals surface area contributed by atoms with Gasteiger partial charge in [0.05, 0.1) is 21.3 Å². The summed E-state index contributed by atoms with van der Waals surface area (Å²) in [5, 5.41) is 2.97. The molecular formula is C13H16Cl2N2O3. The van der Waals surface area contributed by atoms with E-state index in [9.17, 15) is 9.59 Å². The minimum Gasteiger partial charge on any atom is -0.452 e. The van der Waals surface area contributed by atoms with Gasteiger partial charge in [-0.15, -0.1) is 0 Å². The number of esters is 1. The fourth-order valence-electron chi connectivity index (χ4n) is 1.31. The van der Waals surface area contributed by atoms with Gasteiger partial charge in [0.15, 0.2) is 6.61 Å². The van der Waals surface area contributed by atoms with Crippen LogP contribution < -0.4 is 11.1 Å². The largest absolute Gasteiger partial charge is 0.452 e. The topological polar surface area (TPSA) is 81.4 Å². The molecule has 0 bridgehead atoms. The molecule has 3 N–H and O–H groups in total. The van der Waals surface area contributed by atoms with E-state index in [0.717, 1.165) is 0 Å². The molecule has 0 saturated carbocycles. The van der Waals surface area contributed by atoms with Gasteiger partial charge >= 0.3 is 5.97 Å². The number of ether oxygens (including phenoxy) is 1. The average molecular weight is 319 g/mol. The summed E-state index contributed by atoms with van der Waals surface area (Å²) in [6.45, 7) is 4.09. The summed E-state index contributed by atoms with van der Waals surface area (Å²) in [5.74, 6) is -0.723. The Bertz CT molecular complexity index is 495. The number of nitrogen functional groups attached to an aromatic ring is 1. The van der Waals surface area contributed by atoms with Crippen LogP contribution >= 0.6 is 23.2 Å². The molecule has 0 saturated heterocycles. The van der Waals surface area contributed by atoms with Crippen LogP contribution in [0.2, 0.25) is 10.0 Å². The fourth-order valence-corrected chi connectivity index (χ4v) is 1.65. The van der Waals surface area contributed by atoms with Crippen molar-refractivity contribution in [1.29, 1.82) is 0 Å². The second-order valence-electron chi connectivity index (χ2n) is 4.64. The normalized spacial score (nSPS) is 10.4. The Morgan fingerprint density at radius 1 is 1.35 bits per heavy atom. The number of benzene rings is 1. The third-order valence-corrected chi connectivity index (χ3v) is 3.15. The molecule has 0 aliphatic carbocycles. The molecule has 110 valence electrons. The summed E-state index contributed by atoms with van der Waals surface area (Å²) in [6.07, 6.45) is 0. The zero-order valence-electron chi connectivity index (χ0n) is 11.2. The summed E-state index contributed by atoms with van der Waals surface area (Å²) in [6, 6.07) is 2.69. The van der Waals surface area contributed by atoms with E-state index < -0.39 is 5.97 Å². The number of carbonyl (C=O) groups excluding carboxylic acids is 2. The van der Waals surface area contributed by atoms with Crippen LogP contribution in [-0.2, 0) is 9.53 Å². The summed E-state index contributed by atoms with van der Waals surface area (Å²) in [7, 11) is 0. The average Bonchev–Trinajstić information content (AvgIpc) is 2.39. The number of nitrogens with one attached hydrogen (secondary N) is 1. The lowest BCUT2D eigenvalue weighted by Gasteiger charge is -2.09. The zero-order chi connectivity index (χ0) is 15.3. The second kappa shape index (κ2) is 7.36. The first-order valence-corrected chi connectivity index (χ1v) is 6.75. The van der Waals surface area contributed by atoms with Gasteiger partial charge in [-0.3, -0.25) is 4.79 Å². The number of anilines is 1. The van der Waals surface area contributed by atoms with E-state index in [1.165, 1.54) is 12.1 Å². The van der Waals surface area contributed by atoms with Gasteiger partial charge in [0, 0.05) is 6.54 Å². The summed E-state index contributed by atoms with van der Waals surface area (Å²) in [5.41, 5.74) is 5.92. The molecule has 0 spiro atoms. The first kappa shape index (κ1) is 16.6. The lowest BCUT2D eigenvalue weighted by atomic mass is 10.2. The summed E-state index contributed by atoms with van der Waals surface area (Å²) < 4.78 is 4.86. The van der Waals surface area contributed by atoms with Crippen molar-refractivity contribution in [2.45, 2.75) is 13.8 Å². The maximum absolute atomic E-state index is 11.7. The molecule has 0 atom stereocenters. The zero-order valence-corrected chi connectivity index (χ0v) is 12.7. The first-order valence-electron chi connectivity index (χ1n) is 5.99. The van der Waals surface area contributed by atoms with Crippen molar-refractivity contribution in [3.8, 4) is 0 Å². The van der Waals surface area contributed by atoms with Gasteiger partial charge in [0.1, 0.15) is 0 Å². The number of hydrogen-bond acceptors (Lipinski definition) is 4. The van der Waals surface area contributed by atoms with Crippen LogP contribution in [0.15, 0.2) is 12.1 Å². The standard InChI is InChI=1S/C13H16Cl2N2O3/c1-7(2)5-17-11(18)6-20-13(19)8-3-9(14)12(15)10(16)4-8/h3-4,7H,5-6,16H2,1-2H3,(H,17,18). The SMILES string of the molecule is CC(C)CNC(=O)COC(=O)c1cc(N)c(Cl)c(Cl)c1. The van der Waals surface area contributed by atoms with E-state index in [1.807, 2.05) is 13.8 Å². The van der Waals surface area contributed by atoms with Crippen molar-refractivity contribution in [2.75, 3.05) is 18.9 Å². The maximum atomic E-state index is 11.7. The highest BCUT2D eigenvalue weighted by molar-refractivity contribution is 6.43. The monoisotopic (exact) mass is 318 g/mol. The molecule has 0 aromatic heterocycles. The molecular weight excluding hydrogens is 303 g/mol. The number of rotatable bonds is 5. The Hall–Kier alpha value is -1.46. The molecule has 0 aliphatic rings. The van der Waals surface area contributed by atoms with Crippen LogP contribution in [0.1, 0.15) is 24.2 Å². The number of carbonyl (C=O) groups is 2. The van der Waals surface area contributed by atoms with Crippen molar-refractivity contribution in [3.63, 3.8) is 0 Å². The highest BCUT2D eigenvalue weighted by atomic mass is 35.5. The Kier molecular flexibility index (Phi) is 6.10. The van der Waals surface area contributed by atoms with Crippen LogP contribution in [0, 0.1) is 5.92 Å². The number of hydrogen-bond donors (Lipinski definition) is 2. The van der Waals surface area contributed by atoms with E-state index >= 15 is 0 Å². The maximum Gasteiger partial charge on any atom is 0.338 e. The van der Waals surface area contributed by atoms with E-state index in [2.05, 4.69) is 5.32 Å². The quantitative estimate of drug-likeness (QED) is 0.645. The van der Waals surface area contributed by atoms with Gasteiger partial charge in [-0.1, -0.05) is 37.0 Å². The Balaban J connectivity index is 2.57. The minimum atomic E-state index is -0.685. The summed E-state index contributed by atoms with van der Waals surface area (Å²) >= 11 is 11.6. The molecule has 0 aliphatic heterocycles. The van der Waals surface area contributed by atoms with E-state index in [4.69, 9.17) is 33.7 Å². The number of nitrogens with two attached hydrogens (primary N) is 1. The first-order chi connectivity index (χ1) is 9.31. The van der Waals surface area contributed by atoms with Crippen LogP contribution in [-0.4, -0.2) is 25.0 Å². The molecule has 1 aromatic rings. The Morgan fingerprint density at radius 2 is 2.00 bits per heavy atom. The van der Waals surface area contributed by atoms with E-state index in [1.54, 1.807) is 0 Å². The molecule has 7 heteroatoms. The molecule has 1 aromatic carbocycles. The van der Waals surface area contributed by atoms with Gasteiger partial charge in [-0.05, 0) is 18.1 Å². The van der Waals surface area contributed by atoms with Gasteiger partial charge in [0.2, 0.25) is 0 Å².